The van der Waals surface area contributed by atoms with Crippen LogP contribution in [0.3, 0.4) is 0 Å². The van der Waals surface area contributed by atoms with Crippen molar-refractivity contribution >= 4 is 58.4 Å². The first-order valence-corrected chi connectivity index (χ1v) is 11.3. The normalized spacial score (nSPS) is 11.8. The number of likely N-dealkylation sites (N-methyl/N-ethyl adjacent to an activating group) is 1. The lowest BCUT2D eigenvalue weighted by atomic mass is 10.1. The second kappa shape index (κ2) is 11.7. The van der Waals surface area contributed by atoms with Crippen LogP contribution in [-0.4, -0.2) is 35.6 Å². The average Bonchev–Trinajstić information content (AvgIpc) is 2.71. The lowest BCUT2D eigenvalue weighted by molar-refractivity contribution is -0.140. The summed E-state index contributed by atoms with van der Waals surface area (Å²) in [6.45, 7) is 2.05. The summed E-state index contributed by atoms with van der Waals surface area (Å²) in [4.78, 5) is 28.0. The Kier molecular flexibility index (Phi) is 9.63. The van der Waals surface area contributed by atoms with Crippen molar-refractivity contribution in [3.8, 4) is 0 Å². The van der Waals surface area contributed by atoms with Crippen LogP contribution in [0.1, 0.15) is 25.3 Å². The zero-order valence-corrected chi connectivity index (χ0v) is 19.3. The summed E-state index contributed by atoms with van der Waals surface area (Å²) in [6.07, 6.45) is 0.765. The third-order valence-electron chi connectivity index (χ3n) is 4.42. The van der Waals surface area contributed by atoms with E-state index in [1.54, 1.807) is 41.9 Å². The SMILES string of the molecule is CCC(C(=O)NC)N(Cc1c(Cl)cccc1Cl)C(=O)CCSc1ccc(Cl)cc1. The fraction of sp³-hybridized carbons (Fsp3) is 0.333. The minimum atomic E-state index is -0.597. The number of hydrogen-bond acceptors (Lipinski definition) is 3. The predicted octanol–water partition coefficient (Wildman–Crippen LogP) is 5.68. The molecule has 0 bridgehead atoms. The van der Waals surface area contributed by atoms with Gasteiger partial charge in [-0.05, 0) is 42.8 Å². The van der Waals surface area contributed by atoms with Gasteiger partial charge in [0.05, 0.1) is 0 Å². The molecule has 0 aliphatic rings. The Balaban J connectivity index is 2.15. The van der Waals surface area contributed by atoms with Gasteiger partial charge in [0.2, 0.25) is 11.8 Å². The third-order valence-corrected chi connectivity index (χ3v) is 6.39. The van der Waals surface area contributed by atoms with Crippen LogP contribution in [0, 0.1) is 0 Å². The van der Waals surface area contributed by atoms with Crippen molar-refractivity contribution in [2.24, 2.45) is 0 Å². The maximum atomic E-state index is 13.1. The Hall–Kier alpha value is -1.40. The van der Waals surface area contributed by atoms with Crippen molar-refractivity contribution in [2.45, 2.75) is 37.2 Å². The van der Waals surface area contributed by atoms with E-state index in [1.807, 2.05) is 31.2 Å². The van der Waals surface area contributed by atoms with Gasteiger partial charge in [-0.3, -0.25) is 9.59 Å². The molecule has 0 saturated carbocycles. The number of hydrogen-bond donors (Lipinski definition) is 1. The molecule has 1 atom stereocenters. The van der Waals surface area contributed by atoms with Crippen molar-refractivity contribution in [3.05, 3.63) is 63.1 Å². The zero-order chi connectivity index (χ0) is 21.4. The van der Waals surface area contributed by atoms with E-state index in [4.69, 9.17) is 34.8 Å². The smallest absolute Gasteiger partial charge is 0.242 e. The topological polar surface area (TPSA) is 49.4 Å². The second-order valence-corrected chi connectivity index (χ2v) is 8.73. The molecule has 0 saturated heterocycles. The van der Waals surface area contributed by atoms with E-state index >= 15 is 0 Å². The van der Waals surface area contributed by atoms with E-state index in [0.29, 0.717) is 32.8 Å². The van der Waals surface area contributed by atoms with Crippen LogP contribution in [0.4, 0.5) is 0 Å². The number of halogens is 3. The summed E-state index contributed by atoms with van der Waals surface area (Å²) in [6, 6.07) is 12.1. The lowest BCUT2D eigenvalue weighted by Gasteiger charge is -2.31. The number of carbonyl (C=O) groups is 2. The van der Waals surface area contributed by atoms with Crippen LogP contribution in [0.25, 0.3) is 0 Å². The van der Waals surface area contributed by atoms with Crippen molar-refractivity contribution in [3.63, 3.8) is 0 Å². The highest BCUT2D eigenvalue weighted by atomic mass is 35.5. The van der Waals surface area contributed by atoms with Gasteiger partial charge in [0.25, 0.3) is 0 Å². The highest BCUT2D eigenvalue weighted by Gasteiger charge is 2.28. The Morgan fingerprint density at radius 1 is 1.07 bits per heavy atom. The molecule has 0 spiro atoms. The number of thioether (sulfide) groups is 1. The molecule has 0 aromatic heterocycles. The van der Waals surface area contributed by atoms with Gasteiger partial charge in [-0.25, -0.2) is 0 Å². The highest BCUT2D eigenvalue weighted by Crippen LogP contribution is 2.28. The van der Waals surface area contributed by atoms with Crippen LogP contribution >= 0.6 is 46.6 Å². The molecule has 0 heterocycles. The molecule has 4 nitrogen and oxygen atoms in total. The molecule has 2 aromatic rings. The summed E-state index contributed by atoms with van der Waals surface area (Å²) < 4.78 is 0. The fourth-order valence-corrected chi connectivity index (χ4v) is 4.35. The molecule has 2 aromatic carbocycles. The minimum absolute atomic E-state index is 0.127. The van der Waals surface area contributed by atoms with Gasteiger partial charge in [-0.1, -0.05) is 47.8 Å². The summed E-state index contributed by atoms with van der Waals surface area (Å²) >= 11 is 20.1. The second-order valence-electron chi connectivity index (χ2n) is 6.31. The Morgan fingerprint density at radius 2 is 1.69 bits per heavy atom. The van der Waals surface area contributed by atoms with E-state index in [9.17, 15) is 9.59 Å². The number of rotatable bonds is 9. The van der Waals surface area contributed by atoms with Crippen molar-refractivity contribution in [1.29, 1.82) is 0 Å². The molecule has 1 N–H and O–H groups in total. The largest absolute Gasteiger partial charge is 0.357 e. The number of benzene rings is 2. The van der Waals surface area contributed by atoms with E-state index in [2.05, 4.69) is 5.32 Å². The first kappa shape index (κ1) is 23.9. The van der Waals surface area contributed by atoms with Crippen molar-refractivity contribution < 1.29 is 9.59 Å². The van der Waals surface area contributed by atoms with Gasteiger partial charge in [-0.15, -0.1) is 11.8 Å². The fourth-order valence-electron chi connectivity index (χ4n) is 2.87. The Bertz CT molecular complexity index is 826. The van der Waals surface area contributed by atoms with Crippen LogP contribution in [-0.2, 0) is 16.1 Å². The van der Waals surface area contributed by atoms with E-state index in [1.165, 1.54) is 0 Å². The van der Waals surface area contributed by atoms with E-state index in [-0.39, 0.29) is 24.8 Å². The molecule has 0 aliphatic heterocycles. The highest BCUT2D eigenvalue weighted by molar-refractivity contribution is 7.99. The molecule has 8 heteroatoms. The van der Waals surface area contributed by atoms with Crippen LogP contribution in [0.5, 0.6) is 0 Å². The maximum Gasteiger partial charge on any atom is 0.242 e. The zero-order valence-electron chi connectivity index (χ0n) is 16.3. The monoisotopic (exact) mass is 472 g/mol. The molecule has 2 amide bonds. The summed E-state index contributed by atoms with van der Waals surface area (Å²) in [5.74, 6) is 0.240. The van der Waals surface area contributed by atoms with E-state index in [0.717, 1.165) is 4.90 Å². The molecular formula is C21H23Cl3N2O2S. The molecule has 0 aliphatic carbocycles. The summed E-state index contributed by atoms with van der Waals surface area (Å²) in [7, 11) is 1.56. The van der Waals surface area contributed by atoms with E-state index < -0.39 is 6.04 Å². The third kappa shape index (κ3) is 6.82. The Labute approximate surface area is 190 Å². The molecule has 1 unspecified atom stereocenters. The van der Waals surface area contributed by atoms with Crippen molar-refractivity contribution in [2.75, 3.05) is 12.8 Å². The van der Waals surface area contributed by atoms with Gasteiger partial charge in [0.15, 0.2) is 0 Å². The maximum absolute atomic E-state index is 13.1. The number of carbonyl (C=O) groups excluding carboxylic acids is 2. The van der Waals surface area contributed by atoms with Gasteiger partial charge in [0, 0.05) is 51.3 Å². The number of nitrogens with one attached hydrogen (secondary N) is 1. The van der Waals surface area contributed by atoms with Gasteiger partial charge >= 0.3 is 0 Å². The van der Waals surface area contributed by atoms with Gasteiger partial charge in [-0.2, -0.15) is 0 Å². The summed E-state index contributed by atoms with van der Waals surface area (Å²) in [5.41, 5.74) is 0.636. The predicted molar refractivity (Wildman–Crippen MR) is 122 cm³/mol. The van der Waals surface area contributed by atoms with Crippen LogP contribution in [0.2, 0.25) is 15.1 Å². The molecule has 29 heavy (non-hydrogen) atoms. The first-order valence-electron chi connectivity index (χ1n) is 9.19. The molecular weight excluding hydrogens is 451 g/mol. The van der Waals surface area contributed by atoms with Crippen molar-refractivity contribution in [1.82, 2.24) is 10.2 Å². The van der Waals surface area contributed by atoms with Crippen LogP contribution in [0.15, 0.2) is 47.4 Å². The number of amides is 2. The summed E-state index contributed by atoms with van der Waals surface area (Å²) in [5, 5.41) is 4.25. The molecule has 0 fully saturated rings. The lowest BCUT2D eigenvalue weighted by Crippen LogP contribution is -2.48. The molecule has 2 rings (SSSR count). The number of nitrogens with zero attached hydrogens (tertiary/aromatic N) is 1. The molecule has 0 radical (unpaired) electrons. The minimum Gasteiger partial charge on any atom is -0.357 e. The Morgan fingerprint density at radius 3 is 2.24 bits per heavy atom. The standard InChI is InChI=1S/C21H23Cl3N2O2S/c1-3-19(21(28)25-2)26(13-16-17(23)5-4-6-18(16)24)20(27)11-12-29-15-9-7-14(22)8-10-15/h4-10,19H,3,11-13H2,1-2H3,(H,25,28). The van der Waals surface area contributed by atoms with Crippen LogP contribution < -0.4 is 5.32 Å². The van der Waals surface area contributed by atoms with Gasteiger partial charge in [0.1, 0.15) is 6.04 Å². The quantitative estimate of drug-likeness (QED) is 0.476. The molecule has 156 valence electrons. The van der Waals surface area contributed by atoms with Gasteiger partial charge < -0.3 is 10.2 Å². The average molecular weight is 474 g/mol. The first-order chi connectivity index (χ1) is 13.9.